The van der Waals surface area contributed by atoms with Crippen LogP contribution in [-0.4, -0.2) is 54.9 Å². The van der Waals surface area contributed by atoms with Gasteiger partial charge in [-0.1, -0.05) is 6.92 Å². The van der Waals surface area contributed by atoms with Crippen LogP contribution in [0.3, 0.4) is 0 Å². The maximum atomic E-state index is 12.2. The van der Waals surface area contributed by atoms with Gasteiger partial charge in [-0.25, -0.2) is 8.42 Å². The molecule has 16 heavy (non-hydrogen) atoms. The van der Waals surface area contributed by atoms with E-state index in [1.54, 1.807) is 20.8 Å². The summed E-state index contributed by atoms with van der Waals surface area (Å²) in [5.74, 6) is 0. The van der Waals surface area contributed by atoms with E-state index in [4.69, 9.17) is 0 Å². The first kappa shape index (κ1) is 13.9. The van der Waals surface area contributed by atoms with Gasteiger partial charge < -0.3 is 10.4 Å². The lowest BCUT2D eigenvalue weighted by Gasteiger charge is -2.29. The Hall–Kier alpha value is -0.170. The Morgan fingerprint density at radius 3 is 2.50 bits per heavy atom. The van der Waals surface area contributed by atoms with Crippen LogP contribution in [0, 0.1) is 0 Å². The average molecular weight is 250 g/mol. The summed E-state index contributed by atoms with van der Waals surface area (Å²) in [7, 11) is -3.27. The van der Waals surface area contributed by atoms with E-state index in [1.807, 2.05) is 0 Å². The second kappa shape index (κ2) is 5.00. The SMILES string of the molecule is CCN(CC(C)(C)O)S(=O)(=O)C1CCNC1. The molecular formula is C10H22N2O3S. The molecule has 96 valence electrons. The fraction of sp³-hybridized carbons (Fsp3) is 1.00. The lowest BCUT2D eigenvalue weighted by Crippen LogP contribution is -2.46. The van der Waals surface area contributed by atoms with Gasteiger partial charge in [0.05, 0.1) is 10.9 Å². The van der Waals surface area contributed by atoms with Crippen LogP contribution in [0.2, 0.25) is 0 Å². The van der Waals surface area contributed by atoms with Gasteiger partial charge in [0.25, 0.3) is 0 Å². The standard InChI is InChI=1S/C10H22N2O3S/c1-4-12(8-10(2,3)13)16(14,15)9-5-6-11-7-9/h9,11,13H,4-8H2,1-3H3. The molecule has 0 aromatic carbocycles. The Labute approximate surface area is 97.9 Å². The van der Waals surface area contributed by atoms with Crippen LogP contribution in [0.25, 0.3) is 0 Å². The van der Waals surface area contributed by atoms with Crippen molar-refractivity contribution in [1.29, 1.82) is 0 Å². The third-order valence-corrected chi connectivity index (χ3v) is 5.06. The molecule has 0 aromatic heterocycles. The molecule has 0 saturated carbocycles. The highest BCUT2D eigenvalue weighted by atomic mass is 32.2. The summed E-state index contributed by atoms with van der Waals surface area (Å²) in [4.78, 5) is 0. The third kappa shape index (κ3) is 3.41. The molecule has 0 aromatic rings. The monoisotopic (exact) mass is 250 g/mol. The topological polar surface area (TPSA) is 69.6 Å². The number of hydrogen-bond donors (Lipinski definition) is 2. The van der Waals surface area contributed by atoms with E-state index in [1.165, 1.54) is 4.31 Å². The molecule has 1 rings (SSSR count). The van der Waals surface area contributed by atoms with Crippen molar-refractivity contribution in [1.82, 2.24) is 9.62 Å². The number of aliphatic hydroxyl groups is 1. The zero-order valence-corrected chi connectivity index (χ0v) is 11.0. The van der Waals surface area contributed by atoms with Crippen LogP contribution < -0.4 is 5.32 Å². The summed E-state index contributed by atoms with van der Waals surface area (Å²) in [6, 6.07) is 0. The first-order valence-electron chi connectivity index (χ1n) is 5.69. The van der Waals surface area contributed by atoms with Gasteiger partial charge in [-0.05, 0) is 26.8 Å². The van der Waals surface area contributed by atoms with E-state index >= 15 is 0 Å². The fourth-order valence-corrected chi connectivity index (χ4v) is 3.93. The van der Waals surface area contributed by atoms with Gasteiger partial charge in [0.2, 0.25) is 10.0 Å². The summed E-state index contributed by atoms with van der Waals surface area (Å²) in [6.07, 6.45) is 0.657. The van der Waals surface area contributed by atoms with Crippen molar-refractivity contribution in [3.05, 3.63) is 0 Å². The predicted molar refractivity (Wildman–Crippen MR) is 63.7 cm³/mol. The number of nitrogens with zero attached hydrogens (tertiary/aromatic N) is 1. The number of likely N-dealkylation sites (N-methyl/N-ethyl adjacent to an activating group) is 1. The van der Waals surface area contributed by atoms with Crippen LogP contribution in [0.1, 0.15) is 27.2 Å². The summed E-state index contributed by atoms with van der Waals surface area (Å²) in [5.41, 5.74) is -0.991. The Morgan fingerprint density at radius 2 is 2.12 bits per heavy atom. The molecule has 1 unspecified atom stereocenters. The van der Waals surface area contributed by atoms with Crippen LogP contribution in [-0.2, 0) is 10.0 Å². The van der Waals surface area contributed by atoms with Gasteiger partial charge in [0.15, 0.2) is 0 Å². The van der Waals surface area contributed by atoms with Crippen molar-refractivity contribution in [2.45, 2.75) is 38.0 Å². The Bertz CT molecular complexity index is 315. The van der Waals surface area contributed by atoms with Gasteiger partial charge in [0, 0.05) is 19.6 Å². The maximum absolute atomic E-state index is 12.2. The molecule has 0 aliphatic carbocycles. The molecule has 1 saturated heterocycles. The van der Waals surface area contributed by atoms with Crippen LogP contribution in [0.4, 0.5) is 0 Å². The summed E-state index contributed by atoms with van der Waals surface area (Å²) in [5, 5.41) is 12.4. The van der Waals surface area contributed by atoms with Crippen LogP contribution >= 0.6 is 0 Å². The molecule has 0 bridgehead atoms. The largest absolute Gasteiger partial charge is 0.389 e. The Balaban J connectivity index is 2.78. The first-order valence-corrected chi connectivity index (χ1v) is 7.20. The van der Waals surface area contributed by atoms with Crippen molar-refractivity contribution in [3.8, 4) is 0 Å². The van der Waals surface area contributed by atoms with Gasteiger partial charge in [-0.3, -0.25) is 0 Å². The minimum Gasteiger partial charge on any atom is -0.389 e. The normalized spacial score (nSPS) is 22.9. The fourth-order valence-electron chi connectivity index (χ4n) is 1.91. The zero-order chi connectivity index (χ0) is 12.4. The number of hydrogen-bond acceptors (Lipinski definition) is 4. The Morgan fingerprint density at radius 1 is 1.50 bits per heavy atom. The molecule has 1 atom stereocenters. The molecule has 0 amide bonds. The van der Waals surface area contributed by atoms with Crippen molar-refractivity contribution < 1.29 is 13.5 Å². The van der Waals surface area contributed by atoms with E-state index in [0.29, 0.717) is 19.5 Å². The van der Waals surface area contributed by atoms with E-state index in [9.17, 15) is 13.5 Å². The second-order valence-electron chi connectivity index (χ2n) is 4.90. The molecular weight excluding hydrogens is 228 g/mol. The zero-order valence-electron chi connectivity index (χ0n) is 10.2. The lowest BCUT2D eigenvalue weighted by molar-refractivity contribution is 0.0599. The number of sulfonamides is 1. The van der Waals surface area contributed by atoms with E-state index in [-0.39, 0.29) is 11.8 Å². The van der Waals surface area contributed by atoms with E-state index < -0.39 is 15.6 Å². The smallest absolute Gasteiger partial charge is 0.218 e. The molecule has 0 radical (unpaired) electrons. The predicted octanol–water partition coefficient (Wildman–Crippen LogP) is -0.229. The second-order valence-corrected chi connectivity index (χ2v) is 7.11. The minimum absolute atomic E-state index is 0.155. The van der Waals surface area contributed by atoms with Gasteiger partial charge >= 0.3 is 0 Å². The highest BCUT2D eigenvalue weighted by Gasteiger charge is 2.35. The molecule has 0 spiro atoms. The van der Waals surface area contributed by atoms with Crippen LogP contribution in [0.15, 0.2) is 0 Å². The maximum Gasteiger partial charge on any atom is 0.218 e. The molecule has 1 fully saturated rings. The summed E-state index contributed by atoms with van der Waals surface area (Å²) < 4.78 is 25.8. The minimum atomic E-state index is -3.27. The molecule has 1 heterocycles. The van der Waals surface area contributed by atoms with Gasteiger partial charge in [-0.15, -0.1) is 0 Å². The molecule has 5 nitrogen and oxygen atoms in total. The molecule has 1 aliphatic rings. The summed E-state index contributed by atoms with van der Waals surface area (Å²) in [6.45, 7) is 6.88. The Kier molecular flexibility index (Phi) is 4.34. The summed E-state index contributed by atoms with van der Waals surface area (Å²) >= 11 is 0. The highest BCUT2D eigenvalue weighted by molar-refractivity contribution is 7.89. The number of nitrogens with one attached hydrogen (secondary N) is 1. The average Bonchev–Trinajstić information content (AvgIpc) is 2.65. The van der Waals surface area contributed by atoms with Crippen molar-refractivity contribution >= 4 is 10.0 Å². The van der Waals surface area contributed by atoms with Gasteiger partial charge in [-0.2, -0.15) is 4.31 Å². The van der Waals surface area contributed by atoms with Gasteiger partial charge in [0.1, 0.15) is 0 Å². The lowest BCUT2D eigenvalue weighted by atomic mass is 10.1. The van der Waals surface area contributed by atoms with E-state index in [2.05, 4.69) is 5.32 Å². The molecule has 6 heteroatoms. The highest BCUT2D eigenvalue weighted by Crippen LogP contribution is 2.17. The van der Waals surface area contributed by atoms with Crippen LogP contribution in [0.5, 0.6) is 0 Å². The first-order chi connectivity index (χ1) is 7.27. The van der Waals surface area contributed by atoms with Crippen molar-refractivity contribution in [2.75, 3.05) is 26.2 Å². The molecule has 1 aliphatic heterocycles. The van der Waals surface area contributed by atoms with E-state index in [0.717, 1.165) is 6.54 Å². The third-order valence-electron chi connectivity index (χ3n) is 2.71. The number of rotatable bonds is 5. The van der Waals surface area contributed by atoms with Crippen molar-refractivity contribution in [2.24, 2.45) is 0 Å². The quantitative estimate of drug-likeness (QED) is 0.707. The molecule has 2 N–H and O–H groups in total. The van der Waals surface area contributed by atoms with Crippen molar-refractivity contribution in [3.63, 3.8) is 0 Å².